The Hall–Kier alpha value is -2.29. The number of hydrogen-bond acceptors (Lipinski definition) is 6. The Morgan fingerprint density at radius 3 is 2.00 bits per heavy atom. The molecule has 0 spiro atoms. The third-order valence-electron chi connectivity index (χ3n) is 7.58. The molecule has 2 fully saturated rings. The van der Waals surface area contributed by atoms with Gasteiger partial charge in [-0.15, -0.1) is 0 Å². The van der Waals surface area contributed by atoms with Gasteiger partial charge in [0.05, 0.1) is 0 Å². The molecule has 35 heavy (non-hydrogen) atoms. The molecule has 2 saturated heterocycles. The molecular formula is C28H41N5O2. The van der Waals surface area contributed by atoms with Crippen molar-refractivity contribution in [2.75, 3.05) is 45.8 Å². The molecule has 1 amide bonds. The van der Waals surface area contributed by atoms with Crippen molar-refractivity contribution in [3.8, 4) is 0 Å². The SMILES string of the molecule is CCN1CCN(Cc2cccc(CN3[C@H](C)CN(Cc4ccc(C(=O)NO)cc4)C[C@@H]3C)c2)CC1. The van der Waals surface area contributed by atoms with E-state index in [2.05, 4.69) is 64.6 Å². The van der Waals surface area contributed by atoms with E-state index in [0.717, 1.165) is 52.4 Å². The highest BCUT2D eigenvalue weighted by molar-refractivity contribution is 5.93. The van der Waals surface area contributed by atoms with Crippen LogP contribution in [0.25, 0.3) is 0 Å². The normalized spacial score (nSPS) is 22.9. The lowest BCUT2D eigenvalue weighted by molar-refractivity contribution is 0.0290. The molecule has 0 radical (unpaired) electrons. The zero-order chi connectivity index (χ0) is 24.8. The first-order valence-corrected chi connectivity index (χ1v) is 13.0. The fourth-order valence-electron chi connectivity index (χ4n) is 5.55. The van der Waals surface area contributed by atoms with E-state index in [9.17, 15) is 4.79 Å². The predicted molar refractivity (Wildman–Crippen MR) is 139 cm³/mol. The van der Waals surface area contributed by atoms with Gasteiger partial charge in [-0.25, -0.2) is 5.48 Å². The van der Waals surface area contributed by atoms with Gasteiger partial charge >= 0.3 is 0 Å². The van der Waals surface area contributed by atoms with Gasteiger partial charge in [-0.3, -0.25) is 24.7 Å². The molecule has 0 aromatic heterocycles. The van der Waals surface area contributed by atoms with Crippen molar-refractivity contribution in [1.29, 1.82) is 0 Å². The summed E-state index contributed by atoms with van der Waals surface area (Å²) in [6.07, 6.45) is 0. The van der Waals surface area contributed by atoms with E-state index >= 15 is 0 Å². The maximum absolute atomic E-state index is 11.5. The Morgan fingerprint density at radius 1 is 0.829 bits per heavy atom. The van der Waals surface area contributed by atoms with Gasteiger partial charge in [0, 0.05) is 76.5 Å². The highest BCUT2D eigenvalue weighted by Gasteiger charge is 2.29. The molecule has 0 saturated carbocycles. The van der Waals surface area contributed by atoms with Gasteiger partial charge in [-0.2, -0.15) is 0 Å². The predicted octanol–water partition coefficient (Wildman–Crippen LogP) is 3.04. The van der Waals surface area contributed by atoms with Crippen molar-refractivity contribution in [2.45, 2.75) is 52.5 Å². The molecule has 7 nitrogen and oxygen atoms in total. The first kappa shape index (κ1) is 25.8. The smallest absolute Gasteiger partial charge is 0.274 e. The molecule has 190 valence electrons. The lowest BCUT2D eigenvalue weighted by atomic mass is 10.0. The number of piperazine rings is 2. The first-order chi connectivity index (χ1) is 16.9. The molecule has 2 atom stereocenters. The van der Waals surface area contributed by atoms with E-state index < -0.39 is 5.91 Å². The summed E-state index contributed by atoms with van der Waals surface area (Å²) in [6, 6.07) is 17.6. The fourth-order valence-corrected chi connectivity index (χ4v) is 5.55. The molecule has 2 N–H and O–H groups in total. The summed E-state index contributed by atoms with van der Waals surface area (Å²) in [5.74, 6) is -0.476. The summed E-state index contributed by atoms with van der Waals surface area (Å²) >= 11 is 0. The third-order valence-corrected chi connectivity index (χ3v) is 7.58. The lowest BCUT2D eigenvalue weighted by Gasteiger charge is -2.44. The van der Waals surface area contributed by atoms with E-state index in [4.69, 9.17) is 5.21 Å². The largest absolute Gasteiger partial charge is 0.301 e. The van der Waals surface area contributed by atoms with E-state index in [1.54, 1.807) is 17.6 Å². The number of carbonyl (C=O) groups is 1. The van der Waals surface area contributed by atoms with Crippen LogP contribution in [0.15, 0.2) is 48.5 Å². The number of rotatable bonds is 8. The van der Waals surface area contributed by atoms with Gasteiger partial charge in [-0.1, -0.05) is 43.3 Å². The number of nitrogens with zero attached hydrogens (tertiary/aromatic N) is 4. The third kappa shape index (κ3) is 6.90. The van der Waals surface area contributed by atoms with Gasteiger partial charge in [0.25, 0.3) is 5.91 Å². The van der Waals surface area contributed by atoms with Crippen LogP contribution < -0.4 is 5.48 Å². The van der Waals surface area contributed by atoms with E-state index in [0.29, 0.717) is 17.6 Å². The summed E-state index contributed by atoms with van der Waals surface area (Å²) in [5.41, 5.74) is 6.16. The number of hydrogen-bond donors (Lipinski definition) is 2. The number of likely N-dealkylation sites (N-methyl/N-ethyl adjacent to an activating group) is 1. The van der Waals surface area contributed by atoms with Gasteiger partial charge in [0.1, 0.15) is 0 Å². The van der Waals surface area contributed by atoms with E-state index in [-0.39, 0.29) is 0 Å². The molecule has 2 aliphatic rings. The average molecular weight is 480 g/mol. The van der Waals surface area contributed by atoms with Crippen molar-refractivity contribution < 1.29 is 10.0 Å². The number of amides is 1. The average Bonchev–Trinajstić information content (AvgIpc) is 2.87. The second-order valence-electron chi connectivity index (χ2n) is 10.2. The number of hydroxylamine groups is 1. The maximum atomic E-state index is 11.5. The van der Waals surface area contributed by atoms with Crippen molar-refractivity contribution in [3.63, 3.8) is 0 Å². The Kier molecular flexibility index (Phi) is 8.92. The van der Waals surface area contributed by atoms with Gasteiger partial charge in [0.2, 0.25) is 0 Å². The Balaban J connectivity index is 1.30. The second kappa shape index (κ2) is 12.1. The minimum absolute atomic E-state index is 0.462. The van der Waals surface area contributed by atoms with Crippen LogP contribution in [-0.2, 0) is 19.6 Å². The monoisotopic (exact) mass is 479 g/mol. The van der Waals surface area contributed by atoms with Crippen LogP contribution in [0.1, 0.15) is 47.8 Å². The Labute approximate surface area is 210 Å². The van der Waals surface area contributed by atoms with Gasteiger partial charge < -0.3 is 4.90 Å². The van der Waals surface area contributed by atoms with Crippen LogP contribution in [-0.4, -0.2) is 88.6 Å². The Morgan fingerprint density at radius 2 is 1.40 bits per heavy atom. The molecule has 7 heteroatoms. The van der Waals surface area contributed by atoms with Crippen LogP contribution in [0.2, 0.25) is 0 Å². The topological polar surface area (TPSA) is 62.3 Å². The summed E-state index contributed by atoms with van der Waals surface area (Å²) < 4.78 is 0. The Bertz CT molecular complexity index is 946. The first-order valence-electron chi connectivity index (χ1n) is 13.0. The fraction of sp³-hybridized carbons (Fsp3) is 0.536. The minimum Gasteiger partial charge on any atom is -0.301 e. The molecule has 2 heterocycles. The van der Waals surface area contributed by atoms with Crippen LogP contribution >= 0.6 is 0 Å². The molecule has 0 bridgehead atoms. The summed E-state index contributed by atoms with van der Waals surface area (Å²) in [7, 11) is 0. The number of nitrogens with one attached hydrogen (secondary N) is 1. The molecule has 0 aliphatic carbocycles. The molecule has 2 aromatic rings. The van der Waals surface area contributed by atoms with Crippen molar-refractivity contribution in [2.24, 2.45) is 0 Å². The summed E-state index contributed by atoms with van der Waals surface area (Å²) in [4.78, 5) is 21.8. The van der Waals surface area contributed by atoms with Crippen molar-refractivity contribution in [1.82, 2.24) is 25.1 Å². The number of benzene rings is 2. The summed E-state index contributed by atoms with van der Waals surface area (Å²) in [6.45, 7) is 17.7. The zero-order valence-electron chi connectivity index (χ0n) is 21.5. The van der Waals surface area contributed by atoms with Crippen molar-refractivity contribution >= 4 is 5.91 Å². The van der Waals surface area contributed by atoms with Gasteiger partial charge in [-0.05, 0) is 49.2 Å². The standard InChI is InChI=1S/C28H41N5O2/c1-4-30-12-14-31(15-13-30)20-25-6-5-7-26(16-25)21-33-22(2)17-32(18-23(33)3)19-24-8-10-27(11-9-24)28(34)29-35/h5-11,16,22-23,35H,4,12-15,17-21H2,1-3H3,(H,29,34)/t22-,23+. The maximum Gasteiger partial charge on any atom is 0.274 e. The second-order valence-corrected chi connectivity index (χ2v) is 10.2. The van der Waals surface area contributed by atoms with Crippen LogP contribution in [0, 0.1) is 0 Å². The van der Waals surface area contributed by atoms with Crippen LogP contribution in [0.4, 0.5) is 0 Å². The lowest BCUT2D eigenvalue weighted by Crippen LogP contribution is -2.55. The highest BCUT2D eigenvalue weighted by atomic mass is 16.5. The zero-order valence-corrected chi connectivity index (χ0v) is 21.5. The summed E-state index contributed by atoms with van der Waals surface area (Å²) in [5, 5.41) is 8.80. The van der Waals surface area contributed by atoms with Crippen LogP contribution in [0.5, 0.6) is 0 Å². The highest BCUT2D eigenvalue weighted by Crippen LogP contribution is 2.22. The van der Waals surface area contributed by atoms with E-state index in [1.165, 1.54) is 29.8 Å². The molecule has 0 unspecified atom stereocenters. The quantitative estimate of drug-likeness (QED) is 0.448. The molecule has 2 aromatic carbocycles. The minimum atomic E-state index is -0.476. The molecular weight excluding hydrogens is 438 g/mol. The van der Waals surface area contributed by atoms with Crippen LogP contribution in [0.3, 0.4) is 0 Å². The molecule has 4 rings (SSSR count). The molecule has 2 aliphatic heterocycles. The number of carbonyl (C=O) groups excluding carboxylic acids is 1. The van der Waals surface area contributed by atoms with Crippen molar-refractivity contribution in [3.05, 3.63) is 70.8 Å². The van der Waals surface area contributed by atoms with E-state index in [1.807, 2.05) is 12.1 Å². The van der Waals surface area contributed by atoms with Gasteiger partial charge in [0.15, 0.2) is 0 Å².